The van der Waals surface area contributed by atoms with E-state index in [1.807, 2.05) is 48.5 Å². The van der Waals surface area contributed by atoms with E-state index in [0.29, 0.717) is 12.0 Å². The SMILES string of the molecule is CCC(C)N[C@@](Cc1ccc(OC(=O)CC(C)(C)C)c(OC(=O)CC(C)(C)C)c1)(OC(=O)C(C)(C)C)C(=O)O. The van der Waals surface area contributed by atoms with Crippen LogP contribution in [0.25, 0.3) is 0 Å². The van der Waals surface area contributed by atoms with Gasteiger partial charge in [0, 0.05) is 12.5 Å². The van der Waals surface area contributed by atoms with Gasteiger partial charge < -0.3 is 19.3 Å². The molecule has 0 heterocycles. The lowest BCUT2D eigenvalue weighted by Crippen LogP contribution is -2.60. The zero-order valence-electron chi connectivity index (χ0n) is 25.4. The number of nitrogens with one attached hydrogen (secondary N) is 1. The fourth-order valence-electron chi connectivity index (χ4n) is 3.41. The maximum absolute atomic E-state index is 12.8. The first kappa shape index (κ1) is 34.1. The van der Waals surface area contributed by atoms with Crippen LogP contribution in [-0.4, -0.2) is 40.8 Å². The first-order valence-electron chi connectivity index (χ1n) is 13.4. The highest BCUT2D eigenvalue weighted by Gasteiger charge is 2.46. The van der Waals surface area contributed by atoms with Crippen LogP contribution in [-0.2, 0) is 30.3 Å². The van der Waals surface area contributed by atoms with Crippen molar-refractivity contribution in [3.05, 3.63) is 23.8 Å². The number of hydrogen-bond donors (Lipinski definition) is 2. The summed E-state index contributed by atoms with van der Waals surface area (Å²) < 4.78 is 16.8. The Balaban J connectivity index is 3.55. The lowest BCUT2D eigenvalue weighted by Gasteiger charge is -2.35. The molecule has 0 aliphatic heterocycles. The summed E-state index contributed by atoms with van der Waals surface area (Å²) in [5, 5.41) is 13.2. The van der Waals surface area contributed by atoms with E-state index < -0.39 is 35.0 Å². The molecule has 1 unspecified atom stereocenters. The lowest BCUT2D eigenvalue weighted by molar-refractivity contribution is -0.190. The maximum atomic E-state index is 12.8. The van der Waals surface area contributed by atoms with Crippen molar-refractivity contribution in [2.75, 3.05) is 0 Å². The number of carboxylic acids is 1. The number of benzene rings is 1. The van der Waals surface area contributed by atoms with Crippen LogP contribution in [0.3, 0.4) is 0 Å². The summed E-state index contributed by atoms with van der Waals surface area (Å²) >= 11 is 0. The Morgan fingerprint density at radius 3 is 1.74 bits per heavy atom. The molecule has 0 bridgehead atoms. The molecule has 0 fully saturated rings. The zero-order valence-corrected chi connectivity index (χ0v) is 25.4. The summed E-state index contributed by atoms with van der Waals surface area (Å²) in [5.74, 6) is -3.07. The second-order valence-electron chi connectivity index (χ2n) is 13.6. The van der Waals surface area contributed by atoms with Gasteiger partial charge in [-0.25, -0.2) is 4.79 Å². The minimum Gasteiger partial charge on any atom is -0.477 e. The number of carbonyl (C=O) groups is 4. The van der Waals surface area contributed by atoms with Gasteiger partial charge in [-0.2, -0.15) is 0 Å². The highest BCUT2D eigenvalue weighted by molar-refractivity contribution is 5.84. The molecular formula is C30H47NO8. The van der Waals surface area contributed by atoms with Crippen molar-refractivity contribution in [1.82, 2.24) is 5.32 Å². The average Bonchev–Trinajstić information content (AvgIpc) is 2.71. The van der Waals surface area contributed by atoms with E-state index in [2.05, 4.69) is 5.32 Å². The third kappa shape index (κ3) is 11.8. The molecule has 0 saturated carbocycles. The van der Waals surface area contributed by atoms with Crippen LogP contribution >= 0.6 is 0 Å². The fourth-order valence-corrected chi connectivity index (χ4v) is 3.41. The summed E-state index contributed by atoms with van der Waals surface area (Å²) in [4.78, 5) is 50.7. The van der Waals surface area contributed by atoms with E-state index in [4.69, 9.17) is 14.2 Å². The van der Waals surface area contributed by atoms with Gasteiger partial charge in [-0.05, 0) is 62.6 Å². The van der Waals surface area contributed by atoms with E-state index in [9.17, 15) is 24.3 Å². The van der Waals surface area contributed by atoms with Crippen LogP contribution in [0, 0.1) is 16.2 Å². The molecule has 39 heavy (non-hydrogen) atoms. The molecule has 0 amide bonds. The van der Waals surface area contributed by atoms with Crippen LogP contribution in [0.2, 0.25) is 0 Å². The van der Waals surface area contributed by atoms with E-state index in [0.717, 1.165) is 0 Å². The van der Waals surface area contributed by atoms with Crippen LogP contribution in [0.15, 0.2) is 18.2 Å². The molecule has 1 aromatic carbocycles. The van der Waals surface area contributed by atoms with E-state index in [-0.39, 0.29) is 47.6 Å². The molecule has 0 saturated heterocycles. The molecule has 1 aromatic rings. The predicted octanol–water partition coefficient (Wildman–Crippen LogP) is 5.67. The second kappa shape index (κ2) is 12.9. The smallest absolute Gasteiger partial charge is 0.364 e. The van der Waals surface area contributed by atoms with Gasteiger partial charge >= 0.3 is 23.9 Å². The Hall–Kier alpha value is -2.94. The van der Waals surface area contributed by atoms with Gasteiger partial charge in [-0.15, -0.1) is 0 Å². The molecule has 0 aliphatic rings. The number of ether oxygens (including phenoxy) is 3. The van der Waals surface area contributed by atoms with Crippen LogP contribution in [0.1, 0.15) is 101 Å². The third-order valence-electron chi connectivity index (χ3n) is 5.57. The van der Waals surface area contributed by atoms with Gasteiger partial charge in [0.2, 0.25) is 0 Å². The number of carbonyl (C=O) groups excluding carboxylic acids is 3. The fraction of sp³-hybridized carbons (Fsp3) is 0.667. The number of aliphatic carboxylic acids is 1. The number of esters is 3. The minimum absolute atomic E-state index is 0.0195. The van der Waals surface area contributed by atoms with Crippen molar-refractivity contribution in [2.24, 2.45) is 16.2 Å². The normalized spacial score (nSPS) is 14.6. The average molecular weight is 550 g/mol. The molecule has 9 nitrogen and oxygen atoms in total. The number of hydrogen-bond acceptors (Lipinski definition) is 8. The summed E-state index contributed by atoms with van der Waals surface area (Å²) in [6.07, 6.45) is 0.549. The molecule has 0 aliphatic carbocycles. The number of carboxylic acid groups (broad SMARTS) is 1. The largest absolute Gasteiger partial charge is 0.477 e. The van der Waals surface area contributed by atoms with Gasteiger partial charge in [-0.3, -0.25) is 19.7 Å². The van der Waals surface area contributed by atoms with Crippen molar-refractivity contribution in [3.8, 4) is 11.5 Å². The molecule has 0 radical (unpaired) electrons. The Bertz CT molecular complexity index is 1040. The van der Waals surface area contributed by atoms with E-state index >= 15 is 0 Å². The monoisotopic (exact) mass is 549 g/mol. The van der Waals surface area contributed by atoms with Gasteiger partial charge in [-0.1, -0.05) is 54.5 Å². The Morgan fingerprint density at radius 1 is 0.846 bits per heavy atom. The molecule has 9 heteroatoms. The molecule has 0 spiro atoms. The van der Waals surface area contributed by atoms with Crippen molar-refractivity contribution in [3.63, 3.8) is 0 Å². The van der Waals surface area contributed by atoms with Crippen LogP contribution in [0.4, 0.5) is 0 Å². The number of rotatable bonds is 11. The van der Waals surface area contributed by atoms with Gasteiger partial charge in [0.15, 0.2) is 11.5 Å². The highest BCUT2D eigenvalue weighted by atomic mass is 16.6. The van der Waals surface area contributed by atoms with Gasteiger partial charge in [0.25, 0.3) is 5.72 Å². The summed E-state index contributed by atoms with van der Waals surface area (Å²) in [7, 11) is 0. The van der Waals surface area contributed by atoms with E-state index in [1.165, 1.54) is 12.1 Å². The molecular weight excluding hydrogens is 502 g/mol. The first-order valence-corrected chi connectivity index (χ1v) is 13.4. The Labute approximate surface area is 233 Å². The minimum atomic E-state index is -2.09. The first-order chi connectivity index (χ1) is 17.6. The van der Waals surface area contributed by atoms with Gasteiger partial charge in [0.05, 0.1) is 18.3 Å². The maximum Gasteiger partial charge on any atom is 0.364 e. The molecule has 1 rings (SSSR count). The highest BCUT2D eigenvalue weighted by Crippen LogP contribution is 2.33. The topological polar surface area (TPSA) is 128 Å². The van der Waals surface area contributed by atoms with Crippen molar-refractivity contribution in [2.45, 2.75) is 114 Å². The standard InChI is InChI=1S/C30H47NO8/c1-12-19(2)31-30(25(34)35,39-26(36)29(9,10)11)16-20-13-14-21(37-23(32)17-27(3,4)5)22(15-20)38-24(33)18-28(6,7)8/h13-15,19,31H,12,16-18H2,1-11H3,(H,34,35)/t19?,30-/m0/s1. The molecule has 0 aromatic heterocycles. The predicted molar refractivity (Wildman–Crippen MR) is 148 cm³/mol. The van der Waals surface area contributed by atoms with E-state index in [1.54, 1.807) is 33.8 Å². The Kier molecular flexibility index (Phi) is 11.3. The van der Waals surface area contributed by atoms with Crippen molar-refractivity contribution in [1.29, 1.82) is 0 Å². The summed E-state index contributed by atoms with van der Waals surface area (Å²) in [6.45, 7) is 19.9. The lowest BCUT2D eigenvalue weighted by atomic mass is 9.92. The zero-order chi connectivity index (χ0) is 30.4. The summed E-state index contributed by atoms with van der Waals surface area (Å²) in [6, 6.07) is 4.16. The van der Waals surface area contributed by atoms with Gasteiger partial charge in [0.1, 0.15) is 0 Å². The molecule has 2 atom stereocenters. The molecule has 2 N–H and O–H groups in total. The molecule has 220 valence electrons. The quantitative estimate of drug-likeness (QED) is 0.204. The summed E-state index contributed by atoms with van der Waals surface area (Å²) in [5.41, 5.74) is -3.31. The van der Waals surface area contributed by atoms with Crippen molar-refractivity contribution < 1.29 is 38.5 Å². The Morgan fingerprint density at radius 2 is 1.33 bits per heavy atom. The third-order valence-corrected chi connectivity index (χ3v) is 5.57. The van der Waals surface area contributed by atoms with Crippen LogP contribution < -0.4 is 14.8 Å². The van der Waals surface area contributed by atoms with Crippen LogP contribution in [0.5, 0.6) is 11.5 Å². The second-order valence-corrected chi connectivity index (χ2v) is 13.6. The van der Waals surface area contributed by atoms with Crippen molar-refractivity contribution >= 4 is 23.9 Å².